The lowest BCUT2D eigenvalue weighted by Gasteiger charge is -2.24. The minimum Gasteiger partial charge on any atom is -0.384 e. The van der Waals surface area contributed by atoms with Crippen LogP contribution in [-0.2, 0) is 17.9 Å². The Morgan fingerprint density at radius 2 is 1.88 bits per heavy atom. The van der Waals surface area contributed by atoms with E-state index in [-0.39, 0.29) is 43.1 Å². The number of nitrogen functional groups attached to an aromatic ring is 1. The number of halogens is 2. The molecular formula is C25H34Cl2N6O. The third-order valence-corrected chi connectivity index (χ3v) is 5.24. The molecule has 1 heterocycles. The fraction of sp³-hybridized carbons (Fsp3) is 0.320. The minimum absolute atomic E-state index is 0. The molecule has 0 unspecified atom stereocenters. The van der Waals surface area contributed by atoms with Crippen LogP contribution >= 0.6 is 24.8 Å². The first kappa shape index (κ1) is 29.0. The second-order valence-electron chi connectivity index (χ2n) is 8.25. The van der Waals surface area contributed by atoms with E-state index < -0.39 is 0 Å². The average molecular weight is 505 g/mol. The normalized spacial score (nSPS) is 10.2. The minimum atomic E-state index is -0.122. The van der Waals surface area contributed by atoms with Gasteiger partial charge in [0.05, 0.1) is 25.1 Å². The maximum Gasteiger partial charge on any atom is 0.243 e. The standard InChI is InChI=1S/C25H32N6O.2ClH/c1-4-12-30-14-22(28-17-30)15-31(23-7-5-6-20(13-23)25(26)27)16-24(32)29-21-10-8-19(9-11-21)18(2)3;;/h5-11,13-14,17-18H,4,12,15-16H2,1-3H3,(H3,26,27)(H,29,32);2*1H. The molecule has 184 valence electrons. The summed E-state index contributed by atoms with van der Waals surface area (Å²) in [4.78, 5) is 19.3. The van der Waals surface area contributed by atoms with Gasteiger partial charge in [0.25, 0.3) is 0 Å². The molecule has 0 spiro atoms. The van der Waals surface area contributed by atoms with Crippen molar-refractivity contribution in [1.82, 2.24) is 9.55 Å². The number of carbonyl (C=O) groups excluding carboxylic acids is 1. The van der Waals surface area contributed by atoms with Gasteiger partial charge in [-0.3, -0.25) is 10.2 Å². The molecule has 0 fully saturated rings. The second-order valence-corrected chi connectivity index (χ2v) is 8.25. The lowest BCUT2D eigenvalue weighted by molar-refractivity contribution is -0.115. The second kappa shape index (κ2) is 13.6. The van der Waals surface area contributed by atoms with Crippen LogP contribution in [0.25, 0.3) is 0 Å². The molecule has 0 aliphatic heterocycles. The first-order chi connectivity index (χ1) is 15.4. The Bertz CT molecular complexity index is 1070. The maximum atomic E-state index is 12.9. The molecule has 34 heavy (non-hydrogen) atoms. The number of aromatic nitrogens is 2. The van der Waals surface area contributed by atoms with Crippen LogP contribution in [0.3, 0.4) is 0 Å². The molecule has 4 N–H and O–H groups in total. The first-order valence-corrected chi connectivity index (χ1v) is 11.0. The Kier molecular flexibility index (Phi) is 11.6. The Morgan fingerprint density at radius 3 is 2.50 bits per heavy atom. The smallest absolute Gasteiger partial charge is 0.243 e. The van der Waals surface area contributed by atoms with Gasteiger partial charge < -0.3 is 20.5 Å². The highest BCUT2D eigenvalue weighted by Crippen LogP contribution is 2.20. The zero-order chi connectivity index (χ0) is 23.1. The van der Waals surface area contributed by atoms with Gasteiger partial charge in [-0.1, -0.05) is 45.0 Å². The molecule has 0 radical (unpaired) electrons. The molecule has 0 saturated carbocycles. The number of benzene rings is 2. The molecule has 0 aliphatic carbocycles. The van der Waals surface area contributed by atoms with E-state index in [0.29, 0.717) is 18.0 Å². The number of amidine groups is 1. The van der Waals surface area contributed by atoms with Gasteiger partial charge in [-0.15, -0.1) is 24.8 Å². The molecule has 7 nitrogen and oxygen atoms in total. The van der Waals surface area contributed by atoms with Crippen LogP contribution in [0.15, 0.2) is 61.1 Å². The van der Waals surface area contributed by atoms with Crippen LogP contribution in [0.2, 0.25) is 0 Å². The Hall–Kier alpha value is -3.03. The Morgan fingerprint density at radius 1 is 1.18 bits per heavy atom. The van der Waals surface area contributed by atoms with Gasteiger partial charge in [0.15, 0.2) is 0 Å². The summed E-state index contributed by atoms with van der Waals surface area (Å²) in [7, 11) is 0. The van der Waals surface area contributed by atoms with Crippen LogP contribution in [0.1, 0.15) is 49.9 Å². The van der Waals surface area contributed by atoms with Crippen LogP contribution in [-0.4, -0.2) is 27.8 Å². The lowest BCUT2D eigenvalue weighted by atomic mass is 10.0. The van der Waals surface area contributed by atoms with Crippen molar-refractivity contribution < 1.29 is 4.79 Å². The number of aryl methyl sites for hydroxylation is 1. The number of anilines is 2. The molecule has 1 amide bonds. The van der Waals surface area contributed by atoms with Gasteiger partial charge in [0.2, 0.25) is 5.91 Å². The molecule has 0 atom stereocenters. The van der Waals surface area contributed by atoms with Crippen LogP contribution in [0.5, 0.6) is 0 Å². The zero-order valence-corrected chi connectivity index (χ0v) is 21.5. The summed E-state index contributed by atoms with van der Waals surface area (Å²) in [6, 6.07) is 15.3. The van der Waals surface area contributed by atoms with E-state index in [1.165, 1.54) is 5.56 Å². The van der Waals surface area contributed by atoms with Crippen molar-refractivity contribution in [3.8, 4) is 0 Å². The fourth-order valence-corrected chi connectivity index (χ4v) is 3.50. The van der Waals surface area contributed by atoms with Crippen molar-refractivity contribution in [2.24, 2.45) is 5.73 Å². The Labute approximate surface area is 214 Å². The monoisotopic (exact) mass is 504 g/mol. The van der Waals surface area contributed by atoms with E-state index in [1.807, 2.05) is 59.9 Å². The SMILES string of the molecule is CCCn1cnc(CN(CC(=O)Nc2ccc(C(C)C)cc2)c2cccc(C(=N)N)c2)c1.Cl.Cl. The van der Waals surface area contributed by atoms with E-state index in [4.69, 9.17) is 11.1 Å². The number of nitrogens with two attached hydrogens (primary N) is 1. The third kappa shape index (κ3) is 8.08. The predicted molar refractivity (Wildman–Crippen MR) is 145 cm³/mol. The number of amides is 1. The average Bonchev–Trinajstić information content (AvgIpc) is 3.21. The van der Waals surface area contributed by atoms with E-state index in [0.717, 1.165) is 30.0 Å². The first-order valence-electron chi connectivity index (χ1n) is 11.0. The fourth-order valence-electron chi connectivity index (χ4n) is 3.50. The van der Waals surface area contributed by atoms with Crippen LogP contribution < -0.4 is 16.0 Å². The highest BCUT2D eigenvalue weighted by molar-refractivity contribution is 5.97. The van der Waals surface area contributed by atoms with Crippen molar-refractivity contribution in [2.75, 3.05) is 16.8 Å². The van der Waals surface area contributed by atoms with Gasteiger partial charge >= 0.3 is 0 Å². The summed E-state index contributed by atoms with van der Waals surface area (Å²) >= 11 is 0. The van der Waals surface area contributed by atoms with Gasteiger partial charge in [0.1, 0.15) is 5.84 Å². The van der Waals surface area contributed by atoms with Crippen molar-refractivity contribution in [3.63, 3.8) is 0 Å². The van der Waals surface area contributed by atoms with E-state index in [1.54, 1.807) is 6.07 Å². The zero-order valence-electron chi connectivity index (χ0n) is 19.8. The summed E-state index contributed by atoms with van der Waals surface area (Å²) in [5, 5.41) is 10.7. The van der Waals surface area contributed by atoms with Gasteiger partial charge in [-0.05, 0) is 42.2 Å². The van der Waals surface area contributed by atoms with Crippen molar-refractivity contribution in [1.29, 1.82) is 5.41 Å². The molecule has 1 aromatic heterocycles. The highest BCUT2D eigenvalue weighted by Gasteiger charge is 2.15. The number of carbonyl (C=O) groups is 1. The molecule has 0 bridgehead atoms. The highest BCUT2D eigenvalue weighted by atomic mass is 35.5. The van der Waals surface area contributed by atoms with Crippen LogP contribution in [0.4, 0.5) is 11.4 Å². The van der Waals surface area contributed by atoms with Crippen molar-refractivity contribution in [3.05, 3.63) is 77.9 Å². The summed E-state index contributed by atoms with van der Waals surface area (Å²) in [5.41, 5.74) is 9.98. The van der Waals surface area contributed by atoms with Crippen molar-refractivity contribution in [2.45, 2.75) is 46.2 Å². The molecular weight excluding hydrogens is 471 g/mol. The number of hydrogen-bond donors (Lipinski definition) is 3. The maximum absolute atomic E-state index is 12.9. The number of imidazole rings is 1. The number of nitrogens with one attached hydrogen (secondary N) is 2. The molecule has 0 saturated heterocycles. The van der Waals surface area contributed by atoms with Gasteiger partial charge in [0, 0.05) is 29.7 Å². The summed E-state index contributed by atoms with van der Waals surface area (Å²) in [5.74, 6) is 0.313. The predicted octanol–water partition coefficient (Wildman–Crippen LogP) is 5.19. The lowest BCUT2D eigenvalue weighted by Crippen LogP contribution is -2.33. The molecule has 3 aromatic rings. The van der Waals surface area contributed by atoms with Crippen LogP contribution in [0, 0.1) is 5.41 Å². The van der Waals surface area contributed by atoms with Gasteiger partial charge in [-0.25, -0.2) is 4.98 Å². The van der Waals surface area contributed by atoms with E-state index >= 15 is 0 Å². The number of hydrogen-bond acceptors (Lipinski definition) is 4. The summed E-state index contributed by atoms with van der Waals surface area (Å²) in [6.07, 6.45) is 4.85. The van der Waals surface area contributed by atoms with Crippen molar-refractivity contribution >= 4 is 47.9 Å². The van der Waals surface area contributed by atoms with E-state index in [9.17, 15) is 4.79 Å². The number of nitrogens with zero attached hydrogens (tertiary/aromatic N) is 3. The topological polar surface area (TPSA) is 100 Å². The molecule has 9 heteroatoms. The third-order valence-electron chi connectivity index (χ3n) is 5.24. The quantitative estimate of drug-likeness (QED) is 0.261. The molecule has 2 aromatic carbocycles. The largest absolute Gasteiger partial charge is 0.384 e. The van der Waals surface area contributed by atoms with Gasteiger partial charge in [-0.2, -0.15) is 0 Å². The Balaban J connectivity index is 0.00000289. The van der Waals surface area contributed by atoms with E-state index in [2.05, 4.69) is 35.6 Å². The summed E-state index contributed by atoms with van der Waals surface area (Å²) < 4.78 is 2.05. The summed E-state index contributed by atoms with van der Waals surface area (Å²) in [6.45, 7) is 7.92. The molecule has 3 rings (SSSR count). The number of rotatable bonds is 10. The molecule has 0 aliphatic rings.